The topological polar surface area (TPSA) is 41.5 Å². The van der Waals surface area contributed by atoms with Gasteiger partial charge in [-0.1, -0.05) is 6.92 Å². The predicted molar refractivity (Wildman–Crippen MR) is 78.2 cm³/mol. The van der Waals surface area contributed by atoms with Gasteiger partial charge < -0.3 is 15.2 Å². The predicted octanol–water partition coefficient (Wildman–Crippen LogP) is 2.86. The lowest BCUT2D eigenvalue weighted by Crippen LogP contribution is -2.51. The van der Waals surface area contributed by atoms with E-state index in [-0.39, 0.29) is 11.2 Å². The van der Waals surface area contributed by atoms with Crippen LogP contribution in [0.2, 0.25) is 0 Å². The Morgan fingerprint density at radius 3 is 2.21 bits per heavy atom. The molecule has 0 spiro atoms. The van der Waals surface area contributed by atoms with E-state index in [0.717, 1.165) is 38.0 Å². The lowest BCUT2D eigenvalue weighted by Gasteiger charge is -2.37. The van der Waals surface area contributed by atoms with Crippen molar-refractivity contribution >= 4 is 0 Å². The van der Waals surface area contributed by atoms with E-state index in [1.165, 1.54) is 0 Å². The Morgan fingerprint density at radius 2 is 1.74 bits per heavy atom. The van der Waals surface area contributed by atoms with Gasteiger partial charge in [0.15, 0.2) is 0 Å². The van der Waals surface area contributed by atoms with Crippen molar-refractivity contribution in [3.05, 3.63) is 0 Å². The van der Waals surface area contributed by atoms with Gasteiger partial charge in [-0.2, -0.15) is 0 Å². The largest absolute Gasteiger partial charge is 0.389 e. The van der Waals surface area contributed by atoms with Gasteiger partial charge in [0, 0.05) is 12.6 Å². The van der Waals surface area contributed by atoms with Crippen molar-refractivity contribution in [1.29, 1.82) is 0 Å². The number of hydrogen-bond donors (Lipinski definition) is 2. The summed E-state index contributed by atoms with van der Waals surface area (Å²) >= 11 is 0. The molecule has 0 aromatic heterocycles. The van der Waals surface area contributed by atoms with Crippen molar-refractivity contribution in [2.24, 2.45) is 5.92 Å². The molecule has 2 rings (SSSR count). The Labute approximate surface area is 118 Å². The maximum Gasteiger partial charge on any atom is 0.0787 e. The smallest absolute Gasteiger partial charge is 0.0787 e. The van der Waals surface area contributed by atoms with E-state index in [2.05, 4.69) is 39.9 Å². The van der Waals surface area contributed by atoms with Gasteiger partial charge in [-0.3, -0.25) is 0 Å². The zero-order valence-corrected chi connectivity index (χ0v) is 13.3. The third kappa shape index (κ3) is 3.71. The maximum atomic E-state index is 10.6. The van der Waals surface area contributed by atoms with Crippen LogP contribution in [0.4, 0.5) is 0 Å². The summed E-state index contributed by atoms with van der Waals surface area (Å²) < 4.78 is 6.09. The van der Waals surface area contributed by atoms with Crippen molar-refractivity contribution in [2.75, 3.05) is 6.54 Å². The highest BCUT2D eigenvalue weighted by molar-refractivity contribution is 5.00. The van der Waals surface area contributed by atoms with Crippen LogP contribution in [0.15, 0.2) is 0 Å². The fourth-order valence-corrected chi connectivity index (χ4v) is 3.67. The molecule has 0 aromatic rings. The first-order chi connectivity index (χ1) is 8.62. The molecule has 1 atom stereocenters. The van der Waals surface area contributed by atoms with E-state index in [1.807, 2.05) is 0 Å². The third-order valence-corrected chi connectivity index (χ3v) is 4.96. The Morgan fingerprint density at radius 1 is 1.16 bits per heavy atom. The van der Waals surface area contributed by atoms with E-state index in [1.54, 1.807) is 0 Å². The quantitative estimate of drug-likeness (QED) is 0.828. The highest BCUT2D eigenvalue weighted by atomic mass is 16.5. The van der Waals surface area contributed by atoms with Gasteiger partial charge in [-0.25, -0.2) is 0 Å². The van der Waals surface area contributed by atoms with Crippen molar-refractivity contribution < 1.29 is 9.84 Å². The second-order valence-corrected chi connectivity index (χ2v) is 8.01. The lowest BCUT2D eigenvalue weighted by atomic mass is 9.79. The molecule has 112 valence electrons. The van der Waals surface area contributed by atoms with Crippen LogP contribution in [0, 0.1) is 5.92 Å². The molecule has 3 heteroatoms. The molecule has 0 radical (unpaired) electrons. The van der Waals surface area contributed by atoms with Crippen LogP contribution in [-0.2, 0) is 4.74 Å². The van der Waals surface area contributed by atoms with Crippen molar-refractivity contribution in [3.63, 3.8) is 0 Å². The van der Waals surface area contributed by atoms with E-state index in [9.17, 15) is 5.11 Å². The number of nitrogens with one attached hydrogen (secondary N) is 1. The van der Waals surface area contributed by atoms with Crippen LogP contribution in [0.1, 0.15) is 66.7 Å². The molecule has 1 aliphatic heterocycles. The lowest BCUT2D eigenvalue weighted by molar-refractivity contribution is -0.0722. The summed E-state index contributed by atoms with van der Waals surface area (Å²) in [6.45, 7) is 11.6. The van der Waals surface area contributed by atoms with Crippen LogP contribution >= 0.6 is 0 Å². The molecule has 3 nitrogen and oxygen atoms in total. The average molecular weight is 269 g/mol. The Balaban J connectivity index is 1.88. The molecule has 1 saturated heterocycles. The van der Waals surface area contributed by atoms with E-state index >= 15 is 0 Å². The van der Waals surface area contributed by atoms with Crippen LogP contribution in [0.25, 0.3) is 0 Å². The second kappa shape index (κ2) is 5.01. The first-order valence-electron chi connectivity index (χ1n) is 7.78. The molecule has 1 unspecified atom stereocenters. The summed E-state index contributed by atoms with van der Waals surface area (Å²) in [5.74, 6) is 0.769. The minimum atomic E-state index is -0.505. The normalized spacial score (nSPS) is 41.4. The molecule has 0 amide bonds. The third-order valence-electron chi connectivity index (χ3n) is 4.96. The van der Waals surface area contributed by atoms with Crippen molar-refractivity contribution in [1.82, 2.24) is 5.32 Å². The number of aliphatic hydroxyl groups is 1. The van der Waals surface area contributed by atoms with Gasteiger partial charge in [-0.15, -0.1) is 0 Å². The summed E-state index contributed by atoms with van der Waals surface area (Å²) in [5, 5.41) is 14.2. The summed E-state index contributed by atoms with van der Waals surface area (Å²) in [4.78, 5) is 0. The van der Waals surface area contributed by atoms with Crippen LogP contribution < -0.4 is 5.32 Å². The molecule has 1 heterocycles. The van der Waals surface area contributed by atoms with Gasteiger partial charge in [0.1, 0.15) is 0 Å². The first-order valence-corrected chi connectivity index (χ1v) is 7.78. The minimum Gasteiger partial charge on any atom is -0.389 e. The average Bonchev–Trinajstić information content (AvgIpc) is 2.49. The van der Waals surface area contributed by atoms with Gasteiger partial charge in [0.2, 0.25) is 0 Å². The molecule has 2 fully saturated rings. The highest BCUT2D eigenvalue weighted by Crippen LogP contribution is 2.38. The summed E-state index contributed by atoms with van der Waals surface area (Å²) in [6.07, 6.45) is 5.16. The van der Waals surface area contributed by atoms with Crippen LogP contribution in [0.5, 0.6) is 0 Å². The standard InChI is InChI=1S/C16H31NO2/c1-12-6-8-16(18,9-7-12)11-17-13-10-14(2,3)19-15(13,4)5/h12-13,17-18H,6-11H2,1-5H3. The second-order valence-electron chi connectivity index (χ2n) is 8.01. The Hall–Kier alpha value is -0.120. The highest BCUT2D eigenvalue weighted by Gasteiger charge is 2.46. The molecular weight excluding hydrogens is 238 g/mol. The molecular formula is C16H31NO2. The maximum absolute atomic E-state index is 10.6. The van der Waals surface area contributed by atoms with Gasteiger partial charge in [0.05, 0.1) is 16.8 Å². The molecule has 1 aliphatic carbocycles. The molecule has 0 bridgehead atoms. The summed E-state index contributed by atoms with van der Waals surface area (Å²) in [6, 6.07) is 0.325. The van der Waals surface area contributed by atoms with Crippen LogP contribution in [-0.4, -0.2) is 34.5 Å². The fourth-order valence-electron chi connectivity index (χ4n) is 3.67. The van der Waals surface area contributed by atoms with E-state index in [4.69, 9.17) is 4.74 Å². The molecule has 2 aliphatic rings. The Kier molecular flexibility index (Phi) is 4.03. The molecule has 0 aromatic carbocycles. The number of hydrogen-bond acceptors (Lipinski definition) is 3. The number of rotatable bonds is 3. The zero-order valence-electron chi connectivity index (χ0n) is 13.3. The number of ether oxygens (including phenoxy) is 1. The first kappa shape index (κ1) is 15.3. The Bertz CT molecular complexity index is 317. The molecule has 2 N–H and O–H groups in total. The monoisotopic (exact) mass is 269 g/mol. The SMILES string of the molecule is CC1CCC(O)(CNC2CC(C)(C)OC2(C)C)CC1. The van der Waals surface area contributed by atoms with Crippen molar-refractivity contribution in [2.45, 2.75) is 89.6 Å². The minimum absolute atomic E-state index is 0.0646. The fraction of sp³-hybridized carbons (Fsp3) is 1.00. The molecule has 19 heavy (non-hydrogen) atoms. The van der Waals surface area contributed by atoms with E-state index < -0.39 is 5.60 Å². The molecule has 1 saturated carbocycles. The van der Waals surface area contributed by atoms with Gasteiger partial charge in [-0.05, 0) is 65.7 Å². The van der Waals surface area contributed by atoms with Crippen molar-refractivity contribution in [3.8, 4) is 0 Å². The van der Waals surface area contributed by atoms with Gasteiger partial charge in [0.25, 0.3) is 0 Å². The van der Waals surface area contributed by atoms with Gasteiger partial charge >= 0.3 is 0 Å². The summed E-state index contributed by atoms with van der Waals surface area (Å²) in [5.41, 5.74) is -0.720. The summed E-state index contributed by atoms with van der Waals surface area (Å²) in [7, 11) is 0. The van der Waals surface area contributed by atoms with Crippen LogP contribution in [0.3, 0.4) is 0 Å². The van der Waals surface area contributed by atoms with E-state index in [0.29, 0.717) is 12.6 Å². The zero-order chi connectivity index (χ0) is 14.3.